The van der Waals surface area contributed by atoms with E-state index in [9.17, 15) is 14.4 Å². The summed E-state index contributed by atoms with van der Waals surface area (Å²) in [6.07, 6.45) is 10.9. The van der Waals surface area contributed by atoms with E-state index in [0.717, 1.165) is 34.6 Å². The zero-order valence-electron chi connectivity index (χ0n) is 22.7. The highest BCUT2D eigenvalue weighted by atomic mass is 16.2. The van der Waals surface area contributed by atoms with Crippen molar-refractivity contribution in [3.05, 3.63) is 126 Å². The van der Waals surface area contributed by atoms with Crippen LogP contribution >= 0.6 is 0 Å². The second kappa shape index (κ2) is 17.2. The van der Waals surface area contributed by atoms with Gasteiger partial charge in [-0.1, -0.05) is 97.1 Å². The fourth-order valence-electron chi connectivity index (χ4n) is 4.06. The summed E-state index contributed by atoms with van der Waals surface area (Å²) in [5, 5.41) is 3.30. The van der Waals surface area contributed by atoms with E-state index in [4.69, 9.17) is 5.73 Å². The lowest BCUT2D eigenvalue weighted by atomic mass is 10.0. The van der Waals surface area contributed by atoms with Crippen molar-refractivity contribution in [1.82, 2.24) is 10.2 Å². The van der Waals surface area contributed by atoms with Crippen LogP contribution in [-0.2, 0) is 14.4 Å². The number of hydrogen-bond donors (Lipinski definition) is 2. The van der Waals surface area contributed by atoms with Crippen molar-refractivity contribution in [2.24, 2.45) is 5.73 Å². The zero-order valence-corrected chi connectivity index (χ0v) is 22.7. The van der Waals surface area contributed by atoms with Crippen LogP contribution in [0.4, 0.5) is 0 Å². The van der Waals surface area contributed by atoms with E-state index in [1.807, 2.05) is 91.0 Å². The summed E-state index contributed by atoms with van der Waals surface area (Å²) in [5.41, 5.74) is 8.07. The predicted octanol–water partition coefficient (Wildman–Crippen LogP) is 5.14. The quantitative estimate of drug-likeness (QED) is 0.208. The lowest BCUT2D eigenvalue weighted by molar-refractivity contribution is -0.145. The van der Waals surface area contributed by atoms with Crippen LogP contribution in [0.15, 0.2) is 109 Å². The van der Waals surface area contributed by atoms with Gasteiger partial charge in [-0.25, -0.2) is 0 Å². The number of rotatable bonds is 15. The number of benzene rings is 3. The average molecular weight is 536 g/mol. The van der Waals surface area contributed by atoms with Gasteiger partial charge in [0.25, 0.3) is 11.8 Å². The molecule has 6 heteroatoms. The second-order valence-corrected chi connectivity index (χ2v) is 9.23. The first-order valence-electron chi connectivity index (χ1n) is 13.6. The molecule has 1 unspecified atom stereocenters. The lowest BCUT2D eigenvalue weighted by Crippen LogP contribution is -2.47. The largest absolute Gasteiger partial charge is 0.330 e. The molecule has 0 heterocycles. The molecule has 1 atom stereocenters. The molecule has 0 bridgehead atoms. The third-order valence-electron chi connectivity index (χ3n) is 6.18. The van der Waals surface area contributed by atoms with Crippen LogP contribution in [0, 0.1) is 0 Å². The van der Waals surface area contributed by atoms with E-state index in [2.05, 4.69) is 5.32 Å². The first-order valence-corrected chi connectivity index (χ1v) is 13.6. The Kier molecular flexibility index (Phi) is 13.0. The molecule has 40 heavy (non-hydrogen) atoms. The first-order chi connectivity index (χ1) is 19.6. The number of amides is 2. The first kappa shape index (κ1) is 30.2. The van der Waals surface area contributed by atoms with Crippen LogP contribution in [0.25, 0.3) is 18.2 Å². The minimum atomic E-state index is -0.961. The Labute approximate surface area is 236 Å². The smallest absolute Gasteiger partial charge is 0.254 e. The Balaban J connectivity index is 1.90. The summed E-state index contributed by atoms with van der Waals surface area (Å²) in [7, 11) is 0. The van der Waals surface area contributed by atoms with Crippen LogP contribution in [0.3, 0.4) is 0 Å². The third kappa shape index (κ3) is 10.4. The van der Waals surface area contributed by atoms with Gasteiger partial charge in [-0.3, -0.25) is 19.3 Å². The van der Waals surface area contributed by atoms with Crippen molar-refractivity contribution in [2.45, 2.75) is 25.3 Å². The Hall–Kier alpha value is -4.39. The normalized spacial score (nSPS) is 12.2. The third-order valence-corrected chi connectivity index (χ3v) is 6.18. The molecule has 0 saturated heterocycles. The van der Waals surface area contributed by atoms with E-state index in [-0.39, 0.29) is 5.78 Å². The number of hydrogen-bond acceptors (Lipinski definition) is 5. The van der Waals surface area contributed by atoms with E-state index in [1.165, 1.54) is 18.2 Å². The molecule has 3 aromatic carbocycles. The number of nitrogens with one attached hydrogen (secondary N) is 1. The Morgan fingerprint density at radius 2 is 1.07 bits per heavy atom. The van der Waals surface area contributed by atoms with E-state index < -0.39 is 17.9 Å². The van der Waals surface area contributed by atoms with Crippen LogP contribution in [0.1, 0.15) is 36.0 Å². The Bertz CT molecular complexity index is 1220. The highest BCUT2D eigenvalue weighted by Crippen LogP contribution is 2.15. The average Bonchev–Trinajstić information content (AvgIpc) is 3.00. The second-order valence-electron chi connectivity index (χ2n) is 9.23. The van der Waals surface area contributed by atoms with Crippen LogP contribution in [0.5, 0.6) is 0 Å². The number of carbonyl (C=O) groups is 3. The monoisotopic (exact) mass is 535 g/mol. The lowest BCUT2D eigenvalue weighted by Gasteiger charge is -2.27. The molecule has 0 aromatic heterocycles. The molecule has 0 aliphatic carbocycles. The summed E-state index contributed by atoms with van der Waals surface area (Å²) >= 11 is 0. The molecule has 0 saturated carbocycles. The van der Waals surface area contributed by atoms with Gasteiger partial charge in [-0.15, -0.1) is 0 Å². The van der Waals surface area contributed by atoms with Crippen molar-refractivity contribution >= 4 is 35.8 Å². The number of ketones is 1. The Morgan fingerprint density at radius 1 is 0.650 bits per heavy atom. The van der Waals surface area contributed by atoms with Crippen LogP contribution in [-0.4, -0.2) is 48.2 Å². The van der Waals surface area contributed by atoms with Gasteiger partial charge in [0.1, 0.15) is 6.04 Å². The van der Waals surface area contributed by atoms with Crippen molar-refractivity contribution < 1.29 is 14.4 Å². The van der Waals surface area contributed by atoms with Gasteiger partial charge < -0.3 is 11.1 Å². The molecule has 3 rings (SSSR count). The number of nitrogens with two attached hydrogens (primary N) is 1. The maximum atomic E-state index is 13.6. The van der Waals surface area contributed by atoms with E-state index in [1.54, 1.807) is 18.2 Å². The predicted molar refractivity (Wildman–Crippen MR) is 163 cm³/mol. The summed E-state index contributed by atoms with van der Waals surface area (Å²) in [5.74, 6) is -1.41. The van der Waals surface area contributed by atoms with Gasteiger partial charge in [0, 0.05) is 12.2 Å². The molecule has 206 valence electrons. The van der Waals surface area contributed by atoms with Gasteiger partial charge in [0.15, 0.2) is 5.78 Å². The van der Waals surface area contributed by atoms with Gasteiger partial charge in [0.05, 0.1) is 0 Å². The van der Waals surface area contributed by atoms with Crippen LogP contribution < -0.4 is 11.1 Å². The highest BCUT2D eigenvalue weighted by molar-refractivity contribution is 6.12. The molecule has 0 radical (unpaired) electrons. The molecule has 0 aliphatic heterocycles. The molecule has 0 spiro atoms. The van der Waals surface area contributed by atoms with Gasteiger partial charge in [0.2, 0.25) is 0 Å². The maximum Gasteiger partial charge on any atom is 0.254 e. The van der Waals surface area contributed by atoms with Crippen molar-refractivity contribution in [3.63, 3.8) is 0 Å². The summed E-state index contributed by atoms with van der Waals surface area (Å²) in [6, 6.07) is 27.2. The van der Waals surface area contributed by atoms with Crippen molar-refractivity contribution in [3.8, 4) is 0 Å². The molecular formula is C34H37N3O3. The molecular weight excluding hydrogens is 498 g/mol. The molecule has 6 nitrogen and oxygen atoms in total. The Morgan fingerprint density at radius 3 is 1.52 bits per heavy atom. The molecule has 0 fully saturated rings. The number of imide groups is 1. The highest BCUT2D eigenvalue weighted by Gasteiger charge is 2.31. The van der Waals surface area contributed by atoms with E-state index >= 15 is 0 Å². The minimum Gasteiger partial charge on any atom is -0.330 e. The number of nitrogens with zero attached hydrogens (tertiary/aromatic N) is 1. The van der Waals surface area contributed by atoms with Crippen molar-refractivity contribution in [2.75, 3.05) is 19.6 Å². The van der Waals surface area contributed by atoms with Crippen LogP contribution in [0.2, 0.25) is 0 Å². The fraction of sp³-hybridized carbons (Fsp3) is 0.206. The van der Waals surface area contributed by atoms with Gasteiger partial charge >= 0.3 is 0 Å². The van der Waals surface area contributed by atoms with Gasteiger partial charge in [-0.05, 0) is 73.8 Å². The summed E-state index contributed by atoms with van der Waals surface area (Å²) in [6.45, 7) is 2.00. The fourth-order valence-corrected chi connectivity index (χ4v) is 4.06. The molecule has 2 amide bonds. The summed E-state index contributed by atoms with van der Waals surface area (Å²) in [4.78, 5) is 41.7. The maximum absolute atomic E-state index is 13.6. The van der Waals surface area contributed by atoms with E-state index in [0.29, 0.717) is 25.9 Å². The minimum absolute atomic E-state index is 0.311. The number of carbonyl (C=O) groups excluding carboxylic acids is 3. The standard InChI is InChI=1S/C34H37N3O3/c35-25-11-27-36-26-10-18-31(32(38)22-19-28-12-4-1-5-13-28)37(33(39)23-20-29-14-6-2-7-15-29)34(40)24-21-30-16-8-3-9-17-30/h1-9,12-17,19-24,31,36H,10-11,18,25-27,35H2. The zero-order chi connectivity index (χ0) is 28.4. The molecule has 0 aliphatic rings. The topological polar surface area (TPSA) is 92.5 Å². The molecule has 3 N–H and O–H groups in total. The van der Waals surface area contributed by atoms with Gasteiger partial charge in [-0.2, -0.15) is 0 Å². The van der Waals surface area contributed by atoms with Crippen molar-refractivity contribution in [1.29, 1.82) is 0 Å². The SMILES string of the molecule is NCCCNCCCC(C(=O)C=Cc1ccccc1)N(C(=O)C=Cc1ccccc1)C(=O)C=Cc1ccccc1. The molecule has 3 aromatic rings. The summed E-state index contributed by atoms with van der Waals surface area (Å²) < 4.78 is 0.